The third-order valence-corrected chi connectivity index (χ3v) is 1.96. The molecule has 62 valence electrons. The molecule has 0 bridgehead atoms. The fraction of sp³-hybridized carbons (Fsp3) is 0.300. The van der Waals surface area contributed by atoms with E-state index in [2.05, 4.69) is 23.2 Å². The average Bonchev–Trinajstić information content (AvgIpc) is 2.54. The topological polar surface area (TPSA) is 26.0 Å². The predicted molar refractivity (Wildman–Crippen MR) is 47.6 cm³/mol. The first-order valence-electron chi connectivity index (χ1n) is 4.14. The quantitative estimate of drug-likeness (QED) is 0.633. The zero-order valence-corrected chi connectivity index (χ0v) is 7.08. The lowest BCUT2D eigenvalue weighted by molar-refractivity contribution is 0.521. The van der Waals surface area contributed by atoms with E-state index < -0.39 is 0 Å². The molecule has 0 fully saturated rings. The molecule has 1 heterocycles. The summed E-state index contributed by atoms with van der Waals surface area (Å²) in [6.07, 6.45) is 10.2. The molecule has 1 aliphatic rings. The summed E-state index contributed by atoms with van der Waals surface area (Å²) in [5.41, 5.74) is 2.26. The van der Waals surface area contributed by atoms with Gasteiger partial charge >= 0.3 is 0 Å². The van der Waals surface area contributed by atoms with E-state index in [-0.39, 0.29) is 0 Å². The van der Waals surface area contributed by atoms with Crippen LogP contribution in [0.1, 0.15) is 24.4 Å². The summed E-state index contributed by atoms with van der Waals surface area (Å²) in [6, 6.07) is 0. The third-order valence-electron chi connectivity index (χ3n) is 1.96. The van der Waals surface area contributed by atoms with Crippen molar-refractivity contribution in [3.05, 3.63) is 36.1 Å². The number of aryl methyl sites for hydroxylation is 1. The highest BCUT2D eigenvalue weighted by atomic mass is 16.3. The lowest BCUT2D eigenvalue weighted by Gasteiger charge is -2.03. The molecule has 1 aliphatic carbocycles. The van der Waals surface area contributed by atoms with E-state index in [1.807, 2.05) is 6.92 Å². The summed E-state index contributed by atoms with van der Waals surface area (Å²) in [6.45, 7) is 1.86. The Labute approximate surface area is 71.6 Å². The number of allylic oxidation sites excluding steroid dienone is 4. The first-order chi connectivity index (χ1) is 5.86. The molecule has 0 unspecified atom stereocenters. The highest BCUT2D eigenvalue weighted by molar-refractivity contribution is 5.64. The van der Waals surface area contributed by atoms with Crippen molar-refractivity contribution >= 4 is 5.57 Å². The minimum atomic E-state index is 0.737. The molecule has 0 atom stereocenters. The van der Waals surface area contributed by atoms with E-state index in [4.69, 9.17) is 4.42 Å². The molecule has 2 nitrogen and oxygen atoms in total. The molecule has 2 rings (SSSR count). The van der Waals surface area contributed by atoms with Crippen molar-refractivity contribution < 1.29 is 4.42 Å². The van der Waals surface area contributed by atoms with E-state index in [0.717, 1.165) is 24.4 Å². The Kier molecular flexibility index (Phi) is 1.82. The standard InChI is InChI=1S/C10H11NO/c1-8-11-10(7-12-8)9-5-3-2-4-6-9/h2-3,5,7H,4,6H2,1H3. The maximum absolute atomic E-state index is 5.14. The van der Waals surface area contributed by atoms with Gasteiger partial charge in [-0.05, 0) is 18.4 Å². The molecule has 0 aliphatic heterocycles. The second-order valence-electron chi connectivity index (χ2n) is 2.91. The van der Waals surface area contributed by atoms with Crippen LogP contribution in [-0.2, 0) is 0 Å². The van der Waals surface area contributed by atoms with Gasteiger partial charge in [-0.1, -0.05) is 18.2 Å². The van der Waals surface area contributed by atoms with Gasteiger partial charge in [0, 0.05) is 6.92 Å². The van der Waals surface area contributed by atoms with Crippen LogP contribution in [0.15, 0.2) is 28.9 Å². The highest BCUT2D eigenvalue weighted by Gasteiger charge is 2.06. The second kappa shape index (κ2) is 2.97. The number of aromatic nitrogens is 1. The Morgan fingerprint density at radius 3 is 3.00 bits per heavy atom. The third kappa shape index (κ3) is 1.33. The minimum Gasteiger partial charge on any atom is -0.449 e. The van der Waals surface area contributed by atoms with Crippen molar-refractivity contribution in [1.29, 1.82) is 0 Å². The first kappa shape index (κ1) is 7.35. The SMILES string of the molecule is Cc1nc(C2=CC=CCC2)co1. The predicted octanol–water partition coefficient (Wildman–Crippen LogP) is 2.72. The van der Waals surface area contributed by atoms with E-state index in [1.54, 1.807) is 6.26 Å². The second-order valence-corrected chi connectivity index (χ2v) is 2.91. The number of hydrogen-bond donors (Lipinski definition) is 0. The van der Waals surface area contributed by atoms with Gasteiger partial charge in [0.25, 0.3) is 0 Å². The van der Waals surface area contributed by atoms with Crippen LogP contribution in [0.5, 0.6) is 0 Å². The van der Waals surface area contributed by atoms with Crippen LogP contribution in [0.3, 0.4) is 0 Å². The molecule has 12 heavy (non-hydrogen) atoms. The Hall–Kier alpha value is -1.31. The molecule has 0 N–H and O–H groups in total. The van der Waals surface area contributed by atoms with Crippen molar-refractivity contribution in [2.24, 2.45) is 0 Å². The summed E-state index contributed by atoms with van der Waals surface area (Å²) in [5.74, 6) is 0.737. The first-order valence-corrected chi connectivity index (χ1v) is 4.14. The molecule has 0 saturated carbocycles. The van der Waals surface area contributed by atoms with Crippen LogP contribution in [0, 0.1) is 6.92 Å². The molecule has 0 amide bonds. The van der Waals surface area contributed by atoms with Crippen LogP contribution in [-0.4, -0.2) is 4.98 Å². The Morgan fingerprint density at radius 1 is 1.50 bits per heavy atom. The van der Waals surface area contributed by atoms with Crippen molar-refractivity contribution in [1.82, 2.24) is 4.98 Å². The average molecular weight is 161 g/mol. The largest absolute Gasteiger partial charge is 0.449 e. The van der Waals surface area contributed by atoms with Crippen LogP contribution in [0.25, 0.3) is 5.57 Å². The molecular weight excluding hydrogens is 150 g/mol. The van der Waals surface area contributed by atoms with Crippen molar-refractivity contribution in [3.8, 4) is 0 Å². The molecule has 0 spiro atoms. The van der Waals surface area contributed by atoms with E-state index in [0.29, 0.717) is 0 Å². The summed E-state index contributed by atoms with van der Waals surface area (Å²) < 4.78 is 5.14. The maximum Gasteiger partial charge on any atom is 0.191 e. The summed E-state index contributed by atoms with van der Waals surface area (Å²) >= 11 is 0. The van der Waals surface area contributed by atoms with Crippen molar-refractivity contribution in [2.45, 2.75) is 19.8 Å². The normalized spacial score (nSPS) is 16.2. The summed E-state index contributed by atoms with van der Waals surface area (Å²) in [7, 11) is 0. The minimum absolute atomic E-state index is 0.737. The van der Waals surface area contributed by atoms with Crippen molar-refractivity contribution in [3.63, 3.8) is 0 Å². The van der Waals surface area contributed by atoms with Gasteiger partial charge in [0.1, 0.15) is 12.0 Å². The van der Waals surface area contributed by atoms with Crippen molar-refractivity contribution in [2.75, 3.05) is 0 Å². The van der Waals surface area contributed by atoms with Gasteiger partial charge in [0.15, 0.2) is 5.89 Å². The van der Waals surface area contributed by atoms with Gasteiger partial charge < -0.3 is 4.42 Å². The van der Waals surface area contributed by atoms with E-state index in [1.165, 1.54) is 5.57 Å². The molecule has 0 saturated heterocycles. The summed E-state index contributed by atoms with van der Waals surface area (Å²) in [4.78, 5) is 4.27. The smallest absolute Gasteiger partial charge is 0.191 e. The number of oxazole rings is 1. The van der Waals surface area contributed by atoms with Gasteiger partial charge in [0.2, 0.25) is 0 Å². The van der Waals surface area contributed by atoms with E-state index >= 15 is 0 Å². The van der Waals surface area contributed by atoms with Gasteiger partial charge in [-0.25, -0.2) is 4.98 Å². The monoisotopic (exact) mass is 161 g/mol. The molecule has 0 aromatic carbocycles. The van der Waals surface area contributed by atoms with Crippen LogP contribution in [0.2, 0.25) is 0 Å². The number of nitrogens with zero attached hydrogens (tertiary/aromatic N) is 1. The van der Waals surface area contributed by atoms with E-state index in [9.17, 15) is 0 Å². The highest BCUT2D eigenvalue weighted by Crippen LogP contribution is 2.22. The van der Waals surface area contributed by atoms with Gasteiger partial charge in [-0.15, -0.1) is 0 Å². The van der Waals surface area contributed by atoms with Gasteiger partial charge in [0.05, 0.1) is 0 Å². The van der Waals surface area contributed by atoms with Crippen LogP contribution in [0.4, 0.5) is 0 Å². The Bertz CT molecular complexity index is 333. The zero-order chi connectivity index (χ0) is 8.39. The zero-order valence-electron chi connectivity index (χ0n) is 7.08. The number of hydrogen-bond acceptors (Lipinski definition) is 2. The fourth-order valence-corrected chi connectivity index (χ4v) is 1.33. The van der Waals surface area contributed by atoms with Gasteiger partial charge in [-0.3, -0.25) is 0 Å². The Balaban J connectivity index is 2.30. The molecule has 1 aromatic rings. The van der Waals surface area contributed by atoms with Crippen LogP contribution < -0.4 is 0 Å². The maximum atomic E-state index is 5.14. The molecule has 0 radical (unpaired) electrons. The Morgan fingerprint density at radius 2 is 2.42 bits per heavy atom. The lowest BCUT2D eigenvalue weighted by atomic mass is 10.0. The molecular formula is C10H11NO. The van der Waals surface area contributed by atoms with Crippen LogP contribution >= 0.6 is 0 Å². The number of rotatable bonds is 1. The lowest BCUT2D eigenvalue weighted by Crippen LogP contribution is -1.87. The fourth-order valence-electron chi connectivity index (χ4n) is 1.33. The summed E-state index contributed by atoms with van der Waals surface area (Å²) in [5, 5.41) is 0. The molecule has 2 heteroatoms. The van der Waals surface area contributed by atoms with Gasteiger partial charge in [-0.2, -0.15) is 0 Å². The molecule has 1 aromatic heterocycles.